The van der Waals surface area contributed by atoms with Crippen molar-refractivity contribution in [3.8, 4) is 11.5 Å². The van der Waals surface area contributed by atoms with Crippen LogP contribution in [0.15, 0.2) is 36.4 Å². The number of anilines is 1. The van der Waals surface area contributed by atoms with Crippen LogP contribution in [0.5, 0.6) is 11.5 Å². The molecule has 176 valence electrons. The molecule has 0 heterocycles. The highest BCUT2D eigenvalue weighted by Gasteiger charge is 2.34. The lowest BCUT2D eigenvalue weighted by Gasteiger charge is -2.32. The van der Waals surface area contributed by atoms with Crippen molar-refractivity contribution in [2.75, 3.05) is 24.8 Å². The number of ether oxygens (including phenoxy) is 2. The fourth-order valence-electron chi connectivity index (χ4n) is 3.68. The van der Waals surface area contributed by atoms with Crippen LogP contribution in [0.2, 0.25) is 5.02 Å². The summed E-state index contributed by atoms with van der Waals surface area (Å²) in [4.78, 5) is 13.4. The highest BCUT2D eigenvalue weighted by Crippen LogP contribution is 2.35. The number of carbonyl (C=O) groups excluding carboxylic acids is 1. The van der Waals surface area contributed by atoms with Crippen LogP contribution < -0.4 is 19.1 Å². The molecule has 0 saturated heterocycles. The Kier molecular flexibility index (Phi) is 8.81. The molecule has 2 aromatic rings. The first kappa shape index (κ1) is 25.8. The van der Waals surface area contributed by atoms with E-state index in [0.29, 0.717) is 17.2 Å². The van der Waals surface area contributed by atoms with Gasteiger partial charge in [-0.05, 0) is 55.2 Å². The number of amides is 1. The maximum absolute atomic E-state index is 13.4. The molecule has 2 aromatic carbocycles. The molecule has 9 heteroatoms. The molecule has 1 N–H and O–H groups in total. The Balaban J connectivity index is 2.44. The molecule has 32 heavy (non-hydrogen) atoms. The van der Waals surface area contributed by atoms with Crippen LogP contribution in [0.25, 0.3) is 0 Å². The van der Waals surface area contributed by atoms with Crippen LogP contribution in [0.3, 0.4) is 0 Å². The molecule has 2 unspecified atom stereocenters. The minimum absolute atomic E-state index is 0.220. The Bertz CT molecular complexity index is 1060. The number of benzene rings is 2. The predicted molar refractivity (Wildman–Crippen MR) is 128 cm³/mol. The standard InChI is InChI=1S/C23H31ClN2O5S/c1-7-18(16-9-11-21(30-4)15(3)13-16)25-23(27)19(8-2)26(32(6,28)29)20-14-17(24)10-12-22(20)31-5/h9-14,18-19H,7-8H2,1-6H3,(H,25,27). The molecule has 0 aliphatic carbocycles. The zero-order chi connectivity index (χ0) is 24.1. The van der Waals surface area contributed by atoms with Crippen molar-refractivity contribution >= 4 is 33.2 Å². The number of carbonyl (C=O) groups is 1. The second-order valence-electron chi connectivity index (χ2n) is 7.50. The largest absolute Gasteiger partial charge is 0.496 e. The molecule has 0 bridgehead atoms. The third-order valence-electron chi connectivity index (χ3n) is 5.25. The molecule has 0 aliphatic heterocycles. The summed E-state index contributed by atoms with van der Waals surface area (Å²) in [5.41, 5.74) is 2.09. The fourth-order valence-corrected chi connectivity index (χ4v) is 5.05. The Labute approximate surface area is 195 Å². The topological polar surface area (TPSA) is 84.9 Å². The number of hydrogen-bond acceptors (Lipinski definition) is 5. The average molecular weight is 483 g/mol. The summed E-state index contributed by atoms with van der Waals surface area (Å²) in [6.45, 7) is 5.65. The third kappa shape index (κ3) is 5.86. The van der Waals surface area contributed by atoms with E-state index >= 15 is 0 Å². The van der Waals surface area contributed by atoms with E-state index in [1.165, 1.54) is 13.2 Å². The quantitative estimate of drug-likeness (QED) is 0.539. The van der Waals surface area contributed by atoms with Crippen LogP contribution in [-0.2, 0) is 14.8 Å². The maximum atomic E-state index is 13.4. The van der Waals surface area contributed by atoms with Crippen molar-refractivity contribution in [1.82, 2.24) is 5.32 Å². The highest BCUT2D eigenvalue weighted by molar-refractivity contribution is 7.92. The van der Waals surface area contributed by atoms with Gasteiger partial charge in [-0.1, -0.05) is 37.6 Å². The molecule has 0 spiro atoms. The molecule has 7 nitrogen and oxygen atoms in total. The lowest BCUT2D eigenvalue weighted by atomic mass is 10.0. The Hall–Kier alpha value is -2.45. The Morgan fingerprint density at radius 2 is 1.69 bits per heavy atom. The van der Waals surface area contributed by atoms with Gasteiger partial charge in [0.2, 0.25) is 15.9 Å². The summed E-state index contributed by atoms with van der Waals surface area (Å²) in [6.07, 6.45) is 1.95. The summed E-state index contributed by atoms with van der Waals surface area (Å²) < 4.78 is 37.3. The van der Waals surface area contributed by atoms with E-state index in [-0.39, 0.29) is 18.2 Å². The number of aryl methyl sites for hydroxylation is 1. The first-order chi connectivity index (χ1) is 15.1. The van der Waals surface area contributed by atoms with Gasteiger partial charge in [0.25, 0.3) is 0 Å². The normalized spacial score (nSPS) is 13.2. The van der Waals surface area contributed by atoms with Gasteiger partial charge in [-0.15, -0.1) is 0 Å². The molecular formula is C23H31ClN2O5S. The number of sulfonamides is 1. The smallest absolute Gasteiger partial charge is 0.244 e. The van der Waals surface area contributed by atoms with Crippen molar-refractivity contribution < 1.29 is 22.7 Å². The molecule has 1 amide bonds. The summed E-state index contributed by atoms with van der Waals surface area (Å²) in [5, 5.41) is 3.35. The number of nitrogens with zero attached hydrogens (tertiary/aromatic N) is 1. The first-order valence-electron chi connectivity index (χ1n) is 10.3. The van der Waals surface area contributed by atoms with Crippen LogP contribution >= 0.6 is 11.6 Å². The lowest BCUT2D eigenvalue weighted by Crippen LogP contribution is -2.50. The van der Waals surface area contributed by atoms with Gasteiger partial charge in [0.05, 0.1) is 32.2 Å². The van der Waals surface area contributed by atoms with Gasteiger partial charge >= 0.3 is 0 Å². The van der Waals surface area contributed by atoms with Gasteiger partial charge in [0, 0.05) is 5.02 Å². The molecular weight excluding hydrogens is 452 g/mol. The Morgan fingerprint density at radius 3 is 2.19 bits per heavy atom. The van der Waals surface area contributed by atoms with E-state index < -0.39 is 22.0 Å². The van der Waals surface area contributed by atoms with Gasteiger partial charge in [-0.3, -0.25) is 9.10 Å². The van der Waals surface area contributed by atoms with Gasteiger partial charge in [0.15, 0.2) is 0 Å². The van der Waals surface area contributed by atoms with Crippen LogP contribution in [0, 0.1) is 6.92 Å². The molecule has 2 atom stereocenters. The summed E-state index contributed by atoms with van der Waals surface area (Å²) >= 11 is 6.13. The molecule has 0 aromatic heterocycles. The second kappa shape index (κ2) is 10.9. The molecule has 0 radical (unpaired) electrons. The van der Waals surface area contributed by atoms with Gasteiger partial charge in [-0.25, -0.2) is 8.42 Å². The van der Waals surface area contributed by atoms with Crippen molar-refractivity contribution in [3.63, 3.8) is 0 Å². The molecule has 0 saturated carbocycles. The van der Waals surface area contributed by atoms with E-state index in [0.717, 1.165) is 27.4 Å². The maximum Gasteiger partial charge on any atom is 0.244 e. The number of nitrogens with one attached hydrogen (secondary N) is 1. The average Bonchev–Trinajstić information content (AvgIpc) is 2.74. The minimum atomic E-state index is -3.83. The summed E-state index contributed by atoms with van der Waals surface area (Å²) in [5.74, 6) is 0.668. The van der Waals surface area contributed by atoms with Crippen LogP contribution in [-0.4, -0.2) is 40.8 Å². The van der Waals surface area contributed by atoms with Crippen molar-refractivity contribution in [2.24, 2.45) is 0 Å². The Morgan fingerprint density at radius 1 is 1.06 bits per heavy atom. The van der Waals surface area contributed by atoms with Crippen LogP contribution in [0.1, 0.15) is 43.9 Å². The molecule has 0 aliphatic rings. The second-order valence-corrected chi connectivity index (χ2v) is 9.79. The predicted octanol–water partition coefficient (Wildman–Crippen LogP) is 4.48. The minimum Gasteiger partial charge on any atom is -0.496 e. The summed E-state index contributed by atoms with van der Waals surface area (Å²) in [7, 11) is -0.783. The monoisotopic (exact) mass is 482 g/mol. The fraction of sp³-hybridized carbons (Fsp3) is 0.435. The van der Waals surface area contributed by atoms with Crippen molar-refractivity contribution in [3.05, 3.63) is 52.5 Å². The van der Waals surface area contributed by atoms with Gasteiger partial charge in [-0.2, -0.15) is 0 Å². The van der Waals surface area contributed by atoms with Crippen LogP contribution in [0.4, 0.5) is 5.69 Å². The third-order valence-corrected chi connectivity index (χ3v) is 6.65. The zero-order valence-corrected chi connectivity index (χ0v) is 20.9. The zero-order valence-electron chi connectivity index (χ0n) is 19.3. The first-order valence-corrected chi connectivity index (χ1v) is 12.6. The van der Waals surface area contributed by atoms with Crippen molar-refractivity contribution in [2.45, 2.75) is 45.7 Å². The van der Waals surface area contributed by atoms with Gasteiger partial charge < -0.3 is 14.8 Å². The number of hydrogen-bond donors (Lipinski definition) is 1. The highest BCUT2D eigenvalue weighted by atomic mass is 35.5. The van der Waals surface area contributed by atoms with E-state index in [1.807, 2.05) is 32.0 Å². The summed E-state index contributed by atoms with van der Waals surface area (Å²) in [6, 6.07) is 9.12. The molecule has 0 fully saturated rings. The SMILES string of the molecule is CCC(NC(=O)C(CC)N(c1cc(Cl)ccc1OC)S(C)(=O)=O)c1ccc(OC)c(C)c1. The number of methoxy groups -OCH3 is 2. The van der Waals surface area contributed by atoms with E-state index in [9.17, 15) is 13.2 Å². The van der Waals surface area contributed by atoms with E-state index in [4.69, 9.17) is 21.1 Å². The van der Waals surface area contributed by atoms with Crippen molar-refractivity contribution in [1.29, 1.82) is 0 Å². The number of halogens is 1. The number of rotatable bonds is 10. The molecule has 2 rings (SSSR count). The van der Waals surface area contributed by atoms with Gasteiger partial charge in [0.1, 0.15) is 17.5 Å². The lowest BCUT2D eigenvalue weighted by molar-refractivity contribution is -0.123. The van der Waals surface area contributed by atoms with E-state index in [2.05, 4.69) is 5.32 Å². The van der Waals surface area contributed by atoms with E-state index in [1.54, 1.807) is 26.2 Å².